The van der Waals surface area contributed by atoms with E-state index < -0.39 is 17.8 Å². The summed E-state index contributed by atoms with van der Waals surface area (Å²) in [4.78, 5) is 27.4. The van der Waals surface area contributed by atoms with E-state index in [1.165, 1.54) is 18.2 Å². The summed E-state index contributed by atoms with van der Waals surface area (Å²) in [6.45, 7) is 2.04. The Morgan fingerprint density at radius 1 is 1.26 bits per heavy atom. The van der Waals surface area contributed by atoms with Gasteiger partial charge in [0.2, 0.25) is 5.91 Å². The summed E-state index contributed by atoms with van der Waals surface area (Å²) in [5, 5.41) is 6.59. The first-order valence-corrected chi connectivity index (χ1v) is 9.70. The molecule has 0 aliphatic carbocycles. The highest BCUT2D eigenvalue weighted by molar-refractivity contribution is 7.09. The second kappa shape index (κ2) is 9.59. The Bertz CT molecular complexity index is 763. The summed E-state index contributed by atoms with van der Waals surface area (Å²) in [5.74, 6) is -1.00. The molecule has 0 bridgehead atoms. The Kier molecular flexibility index (Phi) is 6.92. The van der Waals surface area contributed by atoms with Gasteiger partial charge in [0, 0.05) is 24.6 Å². The fourth-order valence-electron chi connectivity index (χ4n) is 2.97. The van der Waals surface area contributed by atoms with Crippen molar-refractivity contribution in [1.29, 1.82) is 0 Å². The molecule has 1 aliphatic rings. The smallest absolute Gasteiger partial charge is 0.326 e. The number of rotatable bonds is 7. The highest BCUT2D eigenvalue weighted by atomic mass is 32.1. The molecule has 2 aromatic rings. The third kappa shape index (κ3) is 6.13. The standard InChI is InChI=1S/C19H22FN3O3S/c20-16-7-1-2-8-17(16)21-19(25)22-18(24)13-23(11-14-5-3-9-26-14)12-15-6-4-10-27-15/h1-2,4,6-8,10,14H,3,5,9,11-13H2,(H2,21,22,24,25)/t14-/m0/s1. The van der Waals surface area contributed by atoms with Gasteiger partial charge in [-0.05, 0) is 36.4 Å². The first-order valence-electron chi connectivity index (χ1n) is 8.82. The third-order valence-electron chi connectivity index (χ3n) is 4.19. The van der Waals surface area contributed by atoms with Crippen molar-refractivity contribution in [3.05, 3.63) is 52.5 Å². The van der Waals surface area contributed by atoms with E-state index in [9.17, 15) is 14.0 Å². The van der Waals surface area contributed by atoms with Crippen LogP contribution in [0.3, 0.4) is 0 Å². The number of ether oxygens (including phenoxy) is 1. The van der Waals surface area contributed by atoms with Crippen LogP contribution in [0.2, 0.25) is 0 Å². The topological polar surface area (TPSA) is 70.7 Å². The summed E-state index contributed by atoms with van der Waals surface area (Å²) in [7, 11) is 0. The van der Waals surface area contributed by atoms with Crippen LogP contribution < -0.4 is 10.6 Å². The van der Waals surface area contributed by atoms with E-state index in [2.05, 4.69) is 10.6 Å². The van der Waals surface area contributed by atoms with Gasteiger partial charge in [-0.3, -0.25) is 15.0 Å². The Hall–Kier alpha value is -2.29. The first kappa shape index (κ1) is 19.5. The SMILES string of the molecule is O=C(CN(Cc1cccs1)C[C@@H]1CCCO1)NC(=O)Nc1ccccc1F. The molecule has 3 amide bonds. The first-order chi connectivity index (χ1) is 13.1. The average molecular weight is 391 g/mol. The van der Waals surface area contributed by atoms with Gasteiger partial charge in [0.25, 0.3) is 0 Å². The molecule has 0 saturated carbocycles. The van der Waals surface area contributed by atoms with Gasteiger partial charge in [-0.1, -0.05) is 18.2 Å². The van der Waals surface area contributed by atoms with E-state index in [1.54, 1.807) is 17.4 Å². The van der Waals surface area contributed by atoms with Crippen LogP contribution >= 0.6 is 11.3 Å². The molecule has 3 rings (SSSR count). The van der Waals surface area contributed by atoms with E-state index in [0.29, 0.717) is 13.1 Å². The highest BCUT2D eigenvalue weighted by Gasteiger charge is 2.22. The minimum absolute atomic E-state index is 0.0256. The van der Waals surface area contributed by atoms with Crippen molar-refractivity contribution in [2.75, 3.05) is 25.0 Å². The maximum atomic E-state index is 13.6. The zero-order valence-electron chi connectivity index (χ0n) is 14.8. The quantitative estimate of drug-likeness (QED) is 0.760. The molecule has 1 aromatic carbocycles. The molecule has 1 saturated heterocycles. The highest BCUT2D eigenvalue weighted by Crippen LogP contribution is 2.17. The summed E-state index contributed by atoms with van der Waals surface area (Å²) in [6, 6.07) is 9.02. The van der Waals surface area contributed by atoms with E-state index in [4.69, 9.17) is 4.74 Å². The molecule has 144 valence electrons. The molecule has 0 spiro atoms. The van der Waals surface area contributed by atoms with Gasteiger partial charge in [0.15, 0.2) is 0 Å². The summed E-state index contributed by atoms with van der Waals surface area (Å²) in [6.07, 6.45) is 2.09. The van der Waals surface area contributed by atoms with Crippen LogP contribution in [0.4, 0.5) is 14.9 Å². The molecule has 2 heterocycles. The number of carbonyl (C=O) groups is 2. The zero-order chi connectivity index (χ0) is 19.1. The number of para-hydroxylation sites is 1. The minimum atomic E-state index is -0.752. The Morgan fingerprint density at radius 3 is 2.81 bits per heavy atom. The third-order valence-corrected chi connectivity index (χ3v) is 5.05. The molecule has 1 aromatic heterocycles. The van der Waals surface area contributed by atoms with Crippen LogP contribution in [0.1, 0.15) is 17.7 Å². The maximum absolute atomic E-state index is 13.6. The van der Waals surface area contributed by atoms with Gasteiger partial charge in [0.1, 0.15) is 5.82 Å². The second-order valence-electron chi connectivity index (χ2n) is 6.37. The molecular weight excluding hydrogens is 369 g/mol. The lowest BCUT2D eigenvalue weighted by molar-refractivity contribution is -0.121. The lowest BCUT2D eigenvalue weighted by Crippen LogP contribution is -2.43. The lowest BCUT2D eigenvalue weighted by Gasteiger charge is -2.24. The van der Waals surface area contributed by atoms with E-state index >= 15 is 0 Å². The number of amides is 3. The number of nitrogens with zero attached hydrogens (tertiary/aromatic N) is 1. The number of urea groups is 1. The van der Waals surface area contributed by atoms with E-state index in [-0.39, 0.29) is 18.3 Å². The maximum Gasteiger partial charge on any atom is 0.326 e. The van der Waals surface area contributed by atoms with Crippen LogP contribution in [0.15, 0.2) is 41.8 Å². The predicted octanol–water partition coefficient (Wildman–Crippen LogP) is 3.22. The molecule has 0 radical (unpaired) electrons. The Labute approximate surface area is 161 Å². The van der Waals surface area contributed by atoms with Crippen molar-refractivity contribution in [3.63, 3.8) is 0 Å². The fourth-order valence-corrected chi connectivity index (χ4v) is 3.72. The van der Waals surface area contributed by atoms with Crippen LogP contribution in [-0.2, 0) is 16.1 Å². The average Bonchev–Trinajstić information content (AvgIpc) is 3.31. The van der Waals surface area contributed by atoms with Gasteiger partial charge in [-0.25, -0.2) is 9.18 Å². The molecule has 1 atom stereocenters. The van der Waals surface area contributed by atoms with Crippen molar-refractivity contribution in [2.24, 2.45) is 0 Å². The number of benzene rings is 1. The van der Waals surface area contributed by atoms with Crippen molar-refractivity contribution in [3.8, 4) is 0 Å². The minimum Gasteiger partial charge on any atom is -0.377 e. The normalized spacial score (nSPS) is 16.4. The number of anilines is 1. The number of carbonyl (C=O) groups excluding carboxylic acids is 2. The van der Waals surface area contributed by atoms with Crippen LogP contribution in [0.25, 0.3) is 0 Å². The molecular formula is C19H22FN3O3S. The number of imide groups is 1. The van der Waals surface area contributed by atoms with Crippen molar-refractivity contribution in [2.45, 2.75) is 25.5 Å². The van der Waals surface area contributed by atoms with Crippen LogP contribution in [0.5, 0.6) is 0 Å². The molecule has 2 N–H and O–H groups in total. The number of halogens is 1. The number of hydrogen-bond acceptors (Lipinski definition) is 5. The van der Waals surface area contributed by atoms with Crippen molar-refractivity contribution < 1.29 is 18.7 Å². The van der Waals surface area contributed by atoms with Gasteiger partial charge >= 0.3 is 6.03 Å². The lowest BCUT2D eigenvalue weighted by atomic mass is 10.2. The second-order valence-corrected chi connectivity index (χ2v) is 7.40. The van der Waals surface area contributed by atoms with Gasteiger partial charge in [0.05, 0.1) is 18.3 Å². The van der Waals surface area contributed by atoms with Gasteiger partial charge in [-0.2, -0.15) is 0 Å². The number of hydrogen-bond donors (Lipinski definition) is 2. The number of nitrogens with one attached hydrogen (secondary N) is 2. The largest absolute Gasteiger partial charge is 0.377 e. The van der Waals surface area contributed by atoms with Crippen LogP contribution in [-0.4, -0.2) is 42.6 Å². The van der Waals surface area contributed by atoms with Crippen molar-refractivity contribution >= 4 is 29.0 Å². The predicted molar refractivity (Wildman–Crippen MR) is 102 cm³/mol. The Balaban J connectivity index is 1.54. The molecule has 0 unspecified atom stereocenters. The van der Waals surface area contributed by atoms with E-state index in [0.717, 1.165) is 24.3 Å². The van der Waals surface area contributed by atoms with Gasteiger partial charge < -0.3 is 10.1 Å². The molecule has 1 fully saturated rings. The molecule has 8 heteroatoms. The number of thiophene rings is 1. The van der Waals surface area contributed by atoms with Crippen LogP contribution in [0, 0.1) is 5.82 Å². The molecule has 6 nitrogen and oxygen atoms in total. The molecule has 1 aliphatic heterocycles. The summed E-state index contributed by atoms with van der Waals surface area (Å²) < 4.78 is 19.3. The summed E-state index contributed by atoms with van der Waals surface area (Å²) >= 11 is 1.62. The zero-order valence-corrected chi connectivity index (χ0v) is 15.6. The molecule has 27 heavy (non-hydrogen) atoms. The monoisotopic (exact) mass is 391 g/mol. The summed E-state index contributed by atoms with van der Waals surface area (Å²) in [5.41, 5.74) is 0.0256. The fraction of sp³-hybridized carbons (Fsp3) is 0.368. The van der Waals surface area contributed by atoms with E-state index in [1.807, 2.05) is 22.4 Å². The van der Waals surface area contributed by atoms with Gasteiger partial charge in [-0.15, -0.1) is 11.3 Å². The Morgan fingerprint density at radius 2 is 2.11 bits per heavy atom. The van der Waals surface area contributed by atoms with Crippen molar-refractivity contribution in [1.82, 2.24) is 10.2 Å².